The summed E-state index contributed by atoms with van der Waals surface area (Å²) < 4.78 is 32.6. The molecule has 6 nitrogen and oxygen atoms in total. The maximum Gasteiger partial charge on any atom is 0.273 e. The lowest BCUT2D eigenvalue weighted by Gasteiger charge is -2.27. The summed E-state index contributed by atoms with van der Waals surface area (Å²) in [4.78, 5) is 20.3. The maximum absolute atomic E-state index is 14.0. The first-order valence-corrected chi connectivity index (χ1v) is 9.35. The summed E-state index contributed by atoms with van der Waals surface area (Å²) in [5.41, 5.74) is 0.612. The summed E-state index contributed by atoms with van der Waals surface area (Å²) in [6.07, 6.45) is 2.16. The number of likely N-dealkylation sites (N-methyl/N-ethyl adjacent to an activating group) is 1. The Labute approximate surface area is 164 Å². The van der Waals surface area contributed by atoms with Gasteiger partial charge in [-0.1, -0.05) is 13.0 Å². The molecule has 0 aliphatic heterocycles. The Bertz CT molecular complexity index is 779. The summed E-state index contributed by atoms with van der Waals surface area (Å²) in [5, 5.41) is 2.78. The molecule has 2 rings (SSSR count). The molecule has 0 fully saturated rings. The number of nitrogens with zero attached hydrogens (tertiary/aromatic N) is 3. The normalized spacial score (nSPS) is 12.6. The number of hydrogen-bond acceptors (Lipinski definition) is 5. The van der Waals surface area contributed by atoms with Crippen LogP contribution in [0.2, 0.25) is 0 Å². The van der Waals surface area contributed by atoms with Crippen molar-refractivity contribution in [3.8, 4) is 0 Å². The molecule has 0 radical (unpaired) electrons. The number of carbonyl (C=O) groups excluding carboxylic acids is 1. The third-order valence-electron chi connectivity index (χ3n) is 4.57. The van der Waals surface area contributed by atoms with Gasteiger partial charge in [-0.3, -0.25) is 9.69 Å². The van der Waals surface area contributed by atoms with Gasteiger partial charge in [0.2, 0.25) is 5.89 Å². The van der Waals surface area contributed by atoms with E-state index >= 15 is 0 Å². The molecule has 8 heteroatoms. The minimum absolute atomic E-state index is 0.119. The Morgan fingerprint density at radius 1 is 1.29 bits per heavy atom. The summed E-state index contributed by atoms with van der Waals surface area (Å²) in [5.74, 6) is -1.10. The van der Waals surface area contributed by atoms with Crippen molar-refractivity contribution in [2.24, 2.45) is 0 Å². The SMILES string of the molecule is CCC(C)N(Cc1nc(C(=O)NCCN(C)C)co1)Cc1ccc(F)cc1F. The van der Waals surface area contributed by atoms with Gasteiger partial charge in [0, 0.05) is 37.3 Å². The van der Waals surface area contributed by atoms with Crippen LogP contribution in [-0.2, 0) is 13.1 Å². The number of nitrogens with one attached hydrogen (secondary N) is 1. The Morgan fingerprint density at radius 2 is 2.04 bits per heavy atom. The van der Waals surface area contributed by atoms with E-state index < -0.39 is 11.6 Å². The molecule has 0 aliphatic rings. The maximum atomic E-state index is 14.0. The molecule has 1 unspecified atom stereocenters. The second-order valence-electron chi connectivity index (χ2n) is 7.08. The Balaban J connectivity index is 2.04. The third-order valence-corrected chi connectivity index (χ3v) is 4.57. The van der Waals surface area contributed by atoms with Crippen LogP contribution in [0.25, 0.3) is 0 Å². The zero-order valence-electron chi connectivity index (χ0n) is 16.8. The van der Waals surface area contributed by atoms with E-state index in [2.05, 4.69) is 10.3 Å². The van der Waals surface area contributed by atoms with Gasteiger partial charge in [0.05, 0.1) is 6.54 Å². The van der Waals surface area contributed by atoms with E-state index in [9.17, 15) is 13.6 Å². The molecule has 2 aromatic rings. The fourth-order valence-corrected chi connectivity index (χ4v) is 2.64. The molecule has 28 heavy (non-hydrogen) atoms. The quantitative estimate of drug-likeness (QED) is 0.671. The fourth-order valence-electron chi connectivity index (χ4n) is 2.64. The molecule has 0 saturated heterocycles. The minimum atomic E-state index is -0.603. The average Bonchev–Trinajstić information content (AvgIpc) is 3.11. The third kappa shape index (κ3) is 6.38. The lowest BCUT2D eigenvalue weighted by Crippen LogP contribution is -2.32. The highest BCUT2D eigenvalue weighted by Crippen LogP contribution is 2.18. The molecule has 1 amide bonds. The largest absolute Gasteiger partial charge is 0.447 e. The molecule has 1 aromatic carbocycles. The zero-order valence-corrected chi connectivity index (χ0v) is 16.8. The van der Waals surface area contributed by atoms with Crippen LogP contribution in [0.3, 0.4) is 0 Å². The Kier molecular flexibility index (Phi) is 8.07. The van der Waals surface area contributed by atoms with Crippen LogP contribution in [0.4, 0.5) is 8.78 Å². The number of benzene rings is 1. The molecule has 0 spiro atoms. The van der Waals surface area contributed by atoms with Gasteiger partial charge in [-0.25, -0.2) is 13.8 Å². The topological polar surface area (TPSA) is 61.6 Å². The van der Waals surface area contributed by atoms with Gasteiger partial charge < -0.3 is 14.6 Å². The number of aromatic nitrogens is 1. The molecule has 1 heterocycles. The standard InChI is InChI=1S/C20H28F2N4O2/c1-5-14(2)26(11-15-6-7-16(21)10-17(15)22)12-19-24-18(13-28-19)20(27)23-8-9-25(3)4/h6-7,10,13-14H,5,8-9,11-12H2,1-4H3,(H,23,27). The van der Waals surface area contributed by atoms with Crippen molar-refractivity contribution < 1.29 is 18.0 Å². The molecule has 0 aliphatic carbocycles. The lowest BCUT2D eigenvalue weighted by atomic mass is 10.1. The molecular formula is C20H28F2N4O2. The van der Waals surface area contributed by atoms with Crippen LogP contribution >= 0.6 is 0 Å². The van der Waals surface area contributed by atoms with Gasteiger partial charge in [-0.2, -0.15) is 0 Å². The van der Waals surface area contributed by atoms with Crippen LogP contribution in [0.1, 0.15) is 42.2 Å². The van der Waals surface area contributed by atoms with Crippen LogP contribution in [0.5, 0.6) is 0 Å². The van der Waals surface area contributed by atoms with Gasteiger partial charge in [0.25, 0.3) is 5.91 Å². The molecule has 1 atom stereocenters. The van der Waals surface area contributed by atoms with E-state index in [1.165, 1.54) is 18.4 Å². The van der Waals surface area contributed by atoms with E-state index in [-0.39, 0.29) is 24.2 Å². The summed E-state index contributed by atoms with van der Waals surface area (Å²) >= 11 is 0. The van der Waals surface area contributed by atoms with Crippen molar-refractivity contribution in [2.75, 3.05) is 27.2 Å². The number of carbonyl (C=O) groups is 1. The summed E-state index contributed by atoms with van der Waals surface area (Å²) in [6, 6.07) is 3.69. The minimum Gasteiger partial charge on any atom is -0.447 e. The highest BCUT2D eigenvalue weighted by molar-refractivity contribution is 5.91. The molecule has 1 aromatic heterocycles. The van der Waals surface area contributed by atoms with Gasteiger partial charge in [-0.15, -0.1) is 0 Å². The van der Waals surface area contributed by atoms with Crippen molar-refractivity contribution in [3.63, 3.8) is 0 Å². The van der Waals surface area contributed by atoms with Gasteiger partial charge in [-0.05, 0) is 33.5 Å². The Morgan fingerprint density at radius 3 is 2.68 bits per heavy atom. The molecule has 154 valence electrons. The number of rotatable bonds is 10. The van der Waals surface area contributed by atoms with Crippen molar-refractivity contribution >= 4 is 5.91 Å². The molecule has 0 saturated carbocycles. The van der Waals surface area contributed by atoms with Crippen LogP contribution < -0.4 is 5.32 Å². The highest BCUT2D eigenvalue weighted by Gasteiger charge is 2.19. The van der Waals surface area contributed by atoms with E-state index in [1.54, 1.807) is 0 Å². The van der Waals surface area contributed by atoms with Crippen LogP contribution in [0, 0.1) is 11.6 Å². The highest BCUT2D eigenvalue weighted by atomic mass is 19.1. The zero-order chi connectivity index (χ0) is 20.7. The average molecular weight is 394 g/mol. The predicted octanol–water partition coefficient (Wildman–Crippen LogP) is 3.04. The van der Waals surface area contributed by atoms with Gasteiger partial charge in [0.1, 0.15) is 17.9 Å². The molecular weight excluding hydrogens is 366 g/mol. The molecule has 0 bridgehead atoms. The number of halogens is 2. The van der Waals surface area contributed by atoms with Crippen molar-refractivity contribution in [1.29, 1.82) is 0 Å². The van der Waals surface area contributed by atoms with Crippen molar-refractivity contribution in [1.82, 2.24) is 20.1 Å². The second kappa shape index (κ2) is 10.3. The first kappa shape index (κ1) is 22.0. The number of amides is 1. The van der Waals surface area contributed by atoms with Crippen molar-refractivity contribution in [2.45, 2.75) is 39.4 Å². The monoisotopic (exact) mass is 394 g/mol. The molecule has 1 N–H and O–H groups in total. The first-order chi connectivity index (χ1) is 13.3. The number of oxazole rings is 1. The summed E-state index contributed by atoms with van der Waals surface area (Å²) in [7, 11) is 3.85. The Hall–Kier alpha value is -2.32. The van der Waals surface area contributed by atoms with E-state index in [0.29, 0.717) is 24.5 Å². The summed E-state index contributed by atoms with van der Waals surface area (Å²) in [6.45, 7) is 5.88. The van der Waals surface area contributed by atoms with E-state index in [1.807, 2.05) is 37.7 Å². The van der Waals surface area contributed by atoms with Gasteiger partial charge in [0.15, 0.2) is 5.69 Å². The van der Waals surface area contributed by atoms with Gasteiger partial charge >= 0.3 is 0 Å². The van der Waals surface area contributed by atoms with E-state index in [4.69, 9.17) is 4.42 Å². The second-order valence-corrected chi connectivity index (χ2v) is 7.08. The number of hydrogen-bond donors (Lipinski definition) is 1. The van der Waals surface area contributed by atoms with Crippen LogP contribution in [0.15, 0.2) is 28.9 Å². The lowest BCUT2D eigenvalue weighted by molar-refractivity contribution is 0.0946. The fraction of sp³-hybridized carbons (Fsp3) is 0.500. The van der Waals surface area contributed by atoms with Crippen LogP contribution in [-0.4, -0.2) is 53.9 Å². The smallest absolute Gasteiger partial charge is 0.273 e. The predicted molar refractivity (Wildman–Crippen MR) is 103 cm³/mol. The van der Waals surface area contributed by atoms with Crippen molar-refractivity contribution in [3.05, 3.63) is 53.2 Å². The first-order valence-electron chi connectivity index (χ1n) is 9.35. The van der Waals surface area contributed by atoms with E-state index in [0.717, 1.165) is 19.0 Å².